The van der Waals surface area contributed by atoms with Crippen LogP contribution in [0.3, 0.4) is 0 Å². The predicted molar refractivity (Wildman–Crippen MR) is 92.0 cm³/mol. The fourth-order valence-corrected chi connectivity index (χ4v) is 2.65. The molecule has 2 N–H and O–H groups in total. The lowest BCUT2D eigenvalue weighted by Crippen LogP contribution is -2.27. The molecule has 0 aliphatic heterocycles. The Morgan fingerprint density at radius 2 is 2.16 bits per heavy atom. The van der Waals surface area contributed by atoms with Gasteiger partial charge in [-0.25, -0.2) is 4.98 Å². The van der Waals surface area contributed by atoms with Crippen LogP contribution in [-0.2, 0) is 6.54 Å². The normalized spacial score (nSPS) is 12.4. The molecular weight excluding hydrogens is 318 g/mol. The van der Waals surface area contributed by atoms with Crippen LogP contribution in [0.4, 0.5) is 0 Å². The lowest BCUT2D eigenvalue weighted by Gasteiger charge is -2.09. The highest BCUT2D eigenvalue weighted by molar-refractivity contribution is 5.91. The number of nitrogens with zero attached hydrogens (tertiary/aromatic N) is 3. The number of aromatic nitrogens is 4. The first-order chi connectivity index (χ1) is 12.2. The molecule has 4 rings (SSSR count). The summed E-state index contributed by atoms with van der Waals surface area (Å²) < 4.78 is 7.34. The Bertz CT molecular complexity index is 967. The van der Waals surface area contributed by atoms with Gasteiger partial charge in [0.25, 0.3) is 5.91 Å². The topological polar surface area (TPSA) is 88.7 Å². The maximum atomic E-state index is 12.4. The summed E-state index contributed by atoms with van der Waals surface area (Å²) >= 11 is 0. The van der Waals surface area contributed by atoms with Crippen LogP contribution in [0.2, 0.25) is 0 Å². The van der Waals surface area contributed by atoms with Crippen LogP contribution >= 0.6 is 0 Å². The van der Waals surface area contributed by atoms with Crippen molar-refractivity contribution < 1.29 is 9.21 Å². The van der Waals surface area contributed by atoms with Gasteiger partial charge in [0.1, 0.15) is 11.6 Å². The molecule has 4 aromatic rings. The fourth-order valence-electron chi connectivity index (χ4n) is 2.65. The standard InChI is InChI=1S/C18H17N5O2/c1-12(17-21-14-5-2-3-6-15(14)22-17)20-18(24)16-8-7-13(25-16)11-23-10-4-9-19-23/h2-10,12H,11H2,1H3,(H,20,24)(H,21,22)/t12-/m0/s1. The molecule has 0 aliphatic carbocycles. The van der Waals surface area contributed by atoms with Crippen LogP contribution in [0.1, 0.15) is 35.1 Å². The van der Waals surface area contributed by atoms with E-state index in [-0.39, 0.29) is 17.7 Å². The number of imidazole rings is 1. The molecule has 0 unspecified atom stereocenters. The summed E-state index contributed by atoms with van der Waals surface area (Å²) in [5.41, 5.74) is 1.82. The van der Waals surface area contributed by atoms with Crippen LogP contribution in [-0.4, -0.2) is 25.7 Å². The molecule has 0 aliphatic rings. The van der Waals surface area contributed by atoms with Crippen molar-refractivity contribution in [2.45, 2.75) is 19.5 Å². The molecule has 7 nitrogen and oxygen atoms in total. The van der Waals surface area contributed by atoms with Gasteiger partial charge in [-0.1, -0.05) is 12.1 Å². The van der Waals surface area contributed by atoms with E-state index in [0.29, 0.717) is 18.1 Å². The lowest BCUT2D eigenvalue weighted by atomic mass is 10.3. The first-order valence-corrected chi connectivity index (χ1v) is 8.01. The minimum absolute atomic E-state index is 0.264. The molecule has 0 saturated carbocycles. The summed E-state index contributed by atoms with van der Waals surface area (Å²) in [5.74, 6) is 1.37. The Morgan fingerprint density at radius 1 is 1.28 bits per heavy atom. The Balaban J connectivity index is 1.45. The summed E-state index contributed by atoms with van der Waals surface area (Å²) in [6.07, 6.45) is 3.54. The van der Waals surface area contributed by atoms with Crippen molar-refractivity contribution in [3.63, 3.8) is 0 Å². The number of H-pyrrole nitrogens is 1. The summed E-state index contributed by atoms with van der Waals surface area (Å²) in [6, 6.07) is 12.8. The van der Waals surface area contributed by atoms with Gasteiger partial charge in [0, 0.05) is 12.4 Å². The van der Waals surface area contributed by atoms with E-state index >= 15 is 0 Å². The second-order valence-electron chi connectivity index (χ2n) is 5.80. The zero-order valence-electron chi connectivity index (χ0n) is 13.6. The van der Waals surface area contributed by atoms with E-state index < -0.39 is 0 Å². The van der Waals surface area contributed by atoms with Crippen molar-refractivity contribution in [2.24, 2.45) is 0 Å². The molecule has 25 heavy (non-hydrogen) atoms. The van der Waals surface area contributed by atoms with Crippen LogP contribution in [0, 0.1) is 0 Å². The first-order valence-electron chi connectivity index (χ1n) is 8.01. The van der Waals surface area contributed by atoms with E-state index in [0.717, 1.165) is 11.0 Å². The third kappa shape index (κ3) is 3.16. The number of aromatic amines is 1. The number of carbonyl (C=O) groups is 1. The molecule has 0 spiro atoms. The summed E-state index contributed by atoms with van der Waals surface area (Å²) in [6.45, 7) is 2.36. The zero-order chi connectivity index (χ0) is 17.2. The summed E-state index contributed by atoms with van der Waals surface area (Å²) in [7, 11) is 0. The van der Waals surface area contributed by atoms with Crippen LogP contribution < -0.4 is 5.32 Å². The summed E-state index contributed by atoms with van der Waals surface area (Å²) in [4.78, 5) is 20.1. The van der Waals surface area contributed by atoms with E-state index in [4.69, 9.17) is 4.42 Å². The van der Waals surface area contributed by atoms with E-state index in [1.165, 1.54) is 0 Å². The van der Waals surface area contributed by atoms with E-state index in [1.807, 2.05) is 43.5 Å². The van der Waals surface area contributed by atoms with Crippen molar-refractivity contribution >= 4 is 16.9 Å². The SMILES string of the molecule is C[C@H](NC(=O)c1ccc(Cn2cccn2)o1)c1nc2ccccc2[nH]1. The van der Waals surface area contributed by atoms with E-state index in [2.05, 4.69) is 20.4 Å². The van der Waals surface area contributed by atoms with Gasteiger partial charge in [0.05, 0.1) is 23.6 Å². The Morgan fingerprint density at radius 3 is 2.96 bits per heavy atom. The molecule has 1 amide bonds. The number of para-hydroxylation sites is 2. The van der Waals surface area contributed by atoms with E-state index in [1.54, 1.807) is 23.0 Å². The zero-order valence-corrected chi connectivity index (χ0v) is 13.6. The molecule has 1 aromatic carbocycles. The average molecular weight is 335 g/mol. The van der Waals surface area contributed by atoms with Crippen molar-refractivity contribution in [3.8, 4) is 0 Å². The van der Waals surface area contributed by atoms with Gasteiger partial charge in [0.15, 0.2) is 5.76 Å². The number of benzene rings is 1. The number of hydrogen-bond acceptors (Lipinski definition) is 4. The molecule has 0 radical (unpaired) electrons. The average Bonchev–Trinajstić information content (AvgIpc) is 3.35. The number of furan rings is 1. The maximum absolute atomic E-state index is 12.4. The van der Waals surface area contributed by atoms with Crippen LogP contribution in [0.5, 0.6) is 0 Å². The minimum atomic E-state index is -0.278. The molecule has 3 aromatic heterocycles. The van der Waals surface area contributed by atoms with Crippen molar-refractivity contribution in [1.82, 2.24) is 25.1 Å². The number of rotatable bonds is 5. The summed E-state index contributed by atoms with van der Waals surface area (Å²) in [5, 5.41) is 7.01. The fraction of sp³-hybridized carbons (Fsp3) is 0.167. The molecule has 3 heterocycles. The van der Waals surface area contributed by atoms with Crippen LogP contribution in [0.25, 0.3) is 11.0 Å². The predicted octanol–water partition coefficient (Wildman–Crippen LogP) is 2.89. The highest BCUT2D eigenvalue weighted by Gasteiger charge is 2.17. The molecule has 0 saturated heterocycles. The number of nitrogens with one attached hydrogen (secondary N) is 2. The smallest absolute Gasteiger partial charge is 0.287 e. The monoisotopic (exact) mass is 335 g/mol. The third-order valence-corrected chi connectivity index (χ3v) is 3.93. The molecule has 1 atom stereocenters. The molecule has 7 heteroatoms. The van der Waals surface area contributed by atoms with Gasteiger partial charge in [-0.15, -0.1) is 0 Å². The van der Waals surface area contributed by atoms with Gasteiger partial charge < -0.3 is 14.7 Å². The molecule has 0 fully saturated rings. The highest BCUT2D eigenvalue weighted by Crippen LogP contribution is 2.16. The van der Waals surface area contributed by atoms with Gasteiger partial charge in [-0.3, -0.25) is 9.48 Å². The van der Waals surface area contributed by atoms with Gasteiger partial charge >= 0.3 is 0 Å². The number of amides is 1. The van der Waals surface area contributed by atoms with Gasteiger partial charge in [-0.05, 0) is 37.3 Å². The van der Waals surface area contributed by atoms with Gasteiger partial charge in [0.2, 0.25) is 0 Å². The van der Waals surface area contributed by atoms with Crippen molar-refractivity contribution in [1.29, 1.82) is 0 Å². The largest absolute Gasteiger partial charge is 0.454 e. The van der Waals surface area contributed by atoms with Gasteiger partial charge in [-0.2, -0.15) is 5.10 Å². The Labute approximate surface area is 143 Å². The molecular formula is C18H17N5O2. The quantitative estimate of drug-likeness (QED) is 0.587. The first kappa shape index (κ1) is 15.2. The molecule has 0 bridgehead atoms. The Hall–Kier alpha value is -3.35. The van der Waals surface area contributed by atoms with E-state index in [9.17, 15) is 4.79 Å². The number of fused-ring (bicyclic) bond motifs is 1. The number of carbonyl (C=O) groups excluding carboxylic acids is 1. The minimum Gasteiger partial charge on any atom is -0.454 e. The molecule has 126 valence electrons. The third-order valence-electron chi connectivity index (χ3n) is 3.93. The Kier molecular flexibility index (Phi) is 3.81. The van der Waals surface area contributed by atoms with Crippen LogP contribution in [0.15, 0.2) is 59.3 Å². The van der Waals surface area contributed by atoms with Crippen molar-refractivity contribution in [3.05, 3.63) is 72.2 Å². The van der Waals surface area contributed by atoms with Crippen molar-refractivity contribution in [2.75, 3.05) is 0 Å². The highest BCUT2D eigenvalue weighted by atomic mass is 16.4. The maximum Gasteiger partial charge on any atom is 0.287 e. The second kappa shape index (κ2) is 6.27. The second-order valence-corrected chi connectivity index (χ2v) is 5.80. The number of hydrogen-bond donors (Lipinski definition) is 2. The lowest BCUT2D eigenvalue weighted by molar-refractivity contribution is 0.0908.